The molecule has 5 nitrogen and oxygen atoms in total. The molecule has 0 bridgehead atoms. The zero-order valence-corrected chi connectivity index (χ0v) is 20.6. The number of carbonyl (C=O) groups is 1. The molecule has 0 saturated heterocycles. The lowest BCUT2D eigenvalue weighted by Crippen LogP contribution is -2.41. The molecule has 3 aromatic rings. The van der Waals surface area contributed by atoms with E-state index in [1.165, 1.54) is 18.2 Å². The summed E-state index contributed by atoms with van der Waals surface area (Å²) in [5.74, 6) is 0.206. The number of sulfonamides is 1. The van der Waals surface area contributed by atoms with Gasteiger partial charge in [-0.25, -0.2) is 12.8 Å². The van der Waals surface area contributed by atoms with E-state index in [2.05, 4.69) is 5.32 Å². The van der Waals surface area contributed by atoms with Crippen LogP contribution in [0.3, 0.4) is 0 Å². The van der Waals surface area contributed by atoms with Crippen molar-refractivity contribution in [3.05, 3.63) is 81.4 Å². The van der Waals surface area contributed by atoms with Crippen molar-refractivity contribution in [1.29, 1.82) is 0 Å². The largest absolute Gasteiger partial charge is 0.354 e. The van der Waals surface area contributed by atoms with E-state index in [-0.39, 0.29) is 9.90 Å². The molecule has 0 radical (unpaired) electrons. The average Bonchev–Trinajstić information content (AvgIpc) is 3.30. The topological polar surface area (TPSA) is 66.5 Å². The average molecular weight is 533 g/mol. The van der Waals surface area contributed by atoms with Gasteiger partial charge in [-0.05, 0) is 53.4 Å². The van der Waals surface area contributed by atoms with Gasteiger partial charge in [-0.2, -0.15) is 11.8 Å². The minimum atomic E-state index is -3.97. The highest BCUT2D eigenvalue weighted by atomic mass is 35.5. The number of nitrogens with one attached hydrogen (secondary N) is 1. The lowest BCUT2D eigenvalue weighted by Gasteiger charge is -2.23. The van der Waals surface area contributed by atoms with Gasteiger partial charge in [0.2, 0.25) is 5.91 Å². The normalized spacial score (nSPS) is 11.3. The highest BCUT2D eigenvalue weighted by molar-refractivity contribution is 7.98. The molecule has 0 aliphatic heterocycles. The van der Waals surface area contributed by atoms with E-state index in [4.69, 9.17) is 23.2 Å². The van der Waals surface area contributed by atoms with Crippen LogP contribution in [0.15, 0.2) is 64.2 Å². The van der Waals surface area contributed by atoms with Crippen LogP contribution in [0.5, 0.6) is 0 Å². The molecule has 170 valence electrons. The number of hydrogen-bond donors (Lipinski definition) is 1. The third-order valence-electron chi connectivity index (χ3n) is 4.32. The molecule has 0 aliphatic rings. The number of carbonyl (C=O) groups excluding carboxylic acids is 1. The molecule has 0 atom stereocenters. The Kier molecular flexibility index (Phi) is 8.84. The van der Waals surface area contributed by atoms with Gasteiger partial charge in [-0.15, -0.1) is 11.3 Å². The maximum Gasteiger partial charge on any atom is 0.274 e. The first-order chi connectivity index (χ1) is 15.3. The Morgan fingerprint density at radius 3 is 2.38 bits per heavy atom. The van der Waals surface area contributed by atoms with Crippen LogP contribution in [0.25, 0.3) is 0 Å². The molecular formula is C21H19Cl2FN2O3S3. The predicted octanol–water partition coefficient (Wildman–Crippen LogP) is 5.44. The van der Waals surface area contributed by atoms with Crippen molar-refractivity contribution in [3.63, 3.8) is 0 Å². The molecule has 3 rings (SSSR count). The minimum Gasteiger partial charge on any atom is -0.354 e. The number of anilines is 1. The van der Waals surface area contributed by atoms with Crippen LogP contribution in [0.4, 0.5) is 10.1 Å². The van der Waals surface area contributed by atoms with E-state index in [9.17, 15) is 17.6 Å². The van der Waals surface area contributed by atoms with Crippen molar-refractivity contribution >= 4 is 67.9 Å². The van der Waals surface area contributed by atoms with Gasteiger partial charge in [0, 0.05) is 28.1 Å². The van der Waals surface area contributed by atoms with Gasteiger partial charge in [-0.1, -0.05) is 35.3 Å². The summed E-state index contributed by atoms with van der Waals surface area (Å²) in [5, 5.41) is 5.53. The second kappa shape index (κ2) is 11.4. The van der Waals surface area contributed by atoms with Crippen LogP contribution >= 0.6 is 46.3 Å². The standard InChI is InChI=1S/C21H19Cl2FN2O3S3/c22-18-3-1-4-19(23)17(18)14-30-12-10-25-20(27)13-26(16-8-6-15(24)7-9-16)32(28,29)21-5-2-11-31-21/h1-9,11H,10,12-14H2,(H,25,27). The number of nitrogens with zero attached hydrogens (tertiary/aromatic N) is 1. The van der Waals surface area contributed by atoms with Crippen molar-refractivity contribution in [2.24, 2.45) is 0 Å². The Balaban J connectivity index is 1.60. The molecule has 0 unspecified atom stereocenters. The van der Waals surface area contributed by atoms with Gasteiger partial charge in [-0.3, -0.25) is 9.10 Å². The molecule has 1 amide bonds. The summed E-state index contributed by atoms with van der Waals surface area (Å²) >= 11 is 14.9. The van der Waals surface area contributed by atoms with Gasteiger partial charge in [0.05, 0.1) is 5.69 Å². The number of thiophene rings is 1. The predicted molar refractivity (Wildman–Crippen MR) is 131 cm³/mol. The number of hydrogen-bond acceptors (Lipinski definition) is 5. The summed E-state index contributed by atoms with van der Waals surface area (Å²) in [6.45, 7) is -0.0885. The summed E-state index contributed by atoms with van der Waals surface area (Å²) in [6, 6.07) is 13.4. The number of rotatable bonds is 10. The van der Waals surface area contributed by atoms with E-state index in [1.807, 2.05) is 0 Å². The lowest BCUT2D eigenvalue weighted by atomic mass is 10.2. The van der Waals surface area contributed by atoms with Crippen LogP contribution in [-0.2, 0) is 20.6 Å². The Morgan fingerprint density at radius 2 is 1.75 bits per heavy atom. The monoisotopic (exact) mass is 532 g/mol. The molecule has 11 heteroatoms. The highest BCUT2D eigenvalue weighted by Crippen LogP contribution is 2.28. The van der Waals surface area contributed by atoms with E-state index in [0.29, 0.717) is 28.1 Å². The summed E-state index contributed by atoms with van der Waals surface area (Å²) < 4.78 is 40.5. The first-order valence-corrected chi connectivity index (χ1v) is 13.6. The Bertz CT molecular complexity index is 1140. The molecule has 1 N–H and O–H groups in total. The van der Waals surface area contributed by atoms with Crippen LogP contribution in [-0.4, -0.2) is 33.2 Å². The van der Waals surface area contributed by atoms with E-state index >= 15 is 0 Å². The van der Waals surface area contributed by atoms with E-state index in [0.717, 1.165) is 33.3 Å². The van der Waals surface area contributed by atoms with Crippen LogP contribution < -0.4 is 9.62 Å². The zero-order chi connectivity index (χ0) is 23.1. The molecule has 0 fully saturated rings. The first kappa shape index (κ1) is 24.9. The van der Waals surface area contributed by atoms with Crippen molar-refractivity contribution in [2.75, 3.05) is 23.1 Å². The summed E-state index contributed by atoms with van der Waals surface area (Å²) in [7, 11) is -3.97. The molecule has 0 saturated carbocycles. The first-order valence-electron chi connectivity index (χ1n) is 9.38. The van der Waals surface area contributed by atoms with Gasteiger partial charge < -0.3 is 5.32 Å². The summed E-state index contributed by atoms with van der Waals surface area (Å²) in [5.41, 5.74) is 1.04. The fourth-order valence-corrected chi connectivity index (χ4v) is 6.86. The second-order valence-electron chi connectivity index (χ2n) is 6.52. The fourth-order valence-electron chi connectivity index (χ4n) is 2.73. The van der Waals surface area contributed by atoms with Crippen LogP contribution in [0, 0.1) is 5.82 Å². The number of amides is 1. The number of halogens is 3. The second-order valence-corrected chi connectivity index (χ2v) is 11.5. The maximum absolute atomic E-state index is 13.3. The third-order valence-corrected chi connectivity index (χ3v) is 9.16. The molecule has 2 aromatic carbocycles. The Hall–Kier alpha value is -1.78. The van der Waals surface area contributed by atoms with Gasteiger partial charge in [0.25, 0.3) is 10.0 Å². The van der Waals surface area contributed by atoms with Crippen molar-refractivity contribution in [3.8, 4) is 0 Å². The Labute approximate surface area is 204 Å². The van der Waals surface area contributed by atoms with Crippen molar-refractivity contribution < 1.29 is 17.6 Å². The van der Waals surface area contributed by atoms with Gasteiger partial charge >= 0.3 is 0 Å². The number of benzene rings is 2. The minimum absolute atomic E-state index is 0.0989. The van der Waals surface area contributed by atoms with Gasteiger partial charge in [0.1, 0.15) is 16.6 Å². The van der Waals surface area contributed by atoms with Crippen LogP contribution in [0.1, 0.15) is 5.56 Å². The molecule has 0 aliphatic carbocycles. The van der Waals surface area contributed by atoms with Gasteiger partial charge in [0.15, 0.2) is 0 Å². The zero-order valence-electron chi connectivity index (χ0n) is 16.6. The summed E-state index contributed by atoms with van der Waals surface area (Å²) in [6.07, 6.45) is 0. The molecular weight excluding hydrogens is 514 g/mol. The van der Waals surface area contributed by atoms with Crippen molar-refractivity contribution in [1.82, 2.24) is 5.32 Å². The van der Waals surface area contributed by atoms with E-state index in [1.54, 1.807) is 41.4 Å². The third kappa shape index (κ3) is 6.39. The molecule has 32 heavy (non-hydrogen) atoms. The quantitative estimate of drug-likeness (QED) is 0.353. The molecule has 0 spiro atoms. The Morgan fingerprint density at radius 1 is 1.06 bits per heavy atom. The lowest BCUT2D eigenvalue weighted by molar-refractivity contribution is -0.119. The SMILES string of the molecule is O=C(CN(c1ccc(F)cc1)S(=O)(=O)c1cccs1)NCCSCc1c(Cl)cccc1Cl. The molecule has 1 aromatic heterocycles. The van der Waals surface area contributed by atoms with Crippen molar-refractivity contribution in [2.45, 2.75) is 9.96 Å². The fraction of sp³-hybridized carbons (Fsp3) is 0.190. The van der Waals surface area contributed by atoms with Crippen LogP contribution in [0.2, 0.25) is 10.0 Å². The smallest absolute Gasteiger partial charge is 0.274 e. The highest BCUT2D eigenvalue weighted by Gasteiger charge is 2.28. The number of thioether (sulfide) groups is 1. The maximum atomic E-state index is 13.3. The van der Waals surface area contributed by atoms with E-state index < -0.39 is 28.3 Å². The summed E-state index contributed by atoms with van der Waals surface area (Å²) in [4.78, 5) is 12.5. The molecule has 1 heterocycles.